The Bertz CT molecular complexity index is 634. The Morgan fingerprint density at radius 1 is 1.30 bits per heavy atom. The minimum atomic E-state index is -1.35. The number of aromatic nitrogens is 1. The predicted molar refractivity (Wildman–Crippen MR) is 70.1 cm³/mol. The molecule has 7 heteroatoms. The van der Waals surface area contributed by atoms with Gasteiger partial charge in [-0.2, -0.15) is 0 Å². The predicted octanol–water partition coefficient (Wildman–Crippen LogP) is -1.59. The summed E-state index contributed by atoms with van der Waals surface area (Å²) in [6, 6.07) is 9.84. The Kier molecular flexibility index (Phi) is 6.85. The van der Waals surface area contributed by atoms with Crippen molar-refractivity contribution in [3.63, 3.8) is 0 Å². The fraction of sp³-hybridized carbons (Fsp3) is 0.0769. The van der Waals surface area contributed by atoms with Crippen LogP contribution in [0.3, 0.4) is 0 Å². The van der Waals surface area contributed by atoms with Gasteiger partial charge in [-0.1, -0.05) is 23.7 Å². The minimum Gasteiger partial charge on any atom is -0.543 e. The third kappa shape index (κ3) is 4.68. The van der Waals surface area contributed by atoms with Crippen molar-refractivity contribution in [2.75, 3.05) is 0 Å². The topological polar surface area (TPSA) is 70.1 Å². The number of carbonyl (C=O) groups is 1. The second kappa shape index (κ2) is 7.90. The van der Waals surface area contributed by atoms with Crippen LogP contribution in [0.15, 0.2) is 47.5 Å². The monoisotopic (exact) mass is 317 g/mol. The van der Waals surface area contributed by atoms with E-state index in [9.17, 15) is 14.1 Å². The molecule has 0 aliphatic heterocycles. The van der Waals surface area contributed by atoms with Gasteiger partial charge < -0.3 is 9.90 Å². The van der Waals surface area contributed by atoms with E-state index in [-0.39, 0.29) is 35.3 Å². The number of carbonyl (C=O) groups excluding carboxylic acids is 1. The molecule has 2 aromatic rings. The summed E-state index contributed by atoms with van der Waals surface area (Å²) in [4.78, 5) is 14.7. The maximum Gasteiger partial charge on any atom is 1.00 e. The molecule has 1 unspecified atom stereocenters. The van der Waals surface area contributed by atoms with Crippen molar-refractivity contribution in [2.45, 2.75) is 10.6 Å². The van der Waals surface area contributed by atoms with Crippen LogP contribution >= 0.6 is 11.6 Å². The quantitative estimate of drug-likeness (QED) is 0.638. The molecule has 1 atom stereocenters. The van der Waals surface area contributed by atoms with Gasteiger partial charge in [0, 0.05) is 11.2 Å². The van der Waals surface area contributed by atoms with Crippen LogP contribution in [0.1, 0.15) is 16.1 Å². The van der Waals surface area contributed by atoms with Crippen molar-refractivity contribution in [1.82, 2.24) is 4.98 Å². The van der Waals surface area contributed by atoms with Crippen LogP contribution in [0.25, 0.3) is 0 Å². The molecule has 1 heterocycles. The van der Waals surface area contributed by atoms with E-state index < -0.39 is 16.8 Å². The molecule has 1 aromatic heterocycles. The molecule has 4 nitrogen and oxygen atoms in total. The number of benzene rings is 1. The summed E-state index contributed by atoms with van der Waals surface area (Å²) in [5, 5.41) is 11.1. The first kappa shape index (κ1) is 17.3. The number of hydrogen-bond acceptors (Lipinski definition) is 4. The molecule has 0 aliphatic carbocycles. The largest absolute Gasteiger partial charge is 1.00 e. The number of carboxylic acids is 1. The van der Waals surface area contributed by atoms with Gasteiger partial charge in [-0.05, 0) is 29.8 Å². The van der Waals surface area contributed by atoms with Gasteiger partial charge in [-0.3, -0.25) is 9.19 Å². The molecule has 0 N–H and O–H groups in total. The van der Waals surface area contributed by atoms with Gasteiger partial charge in [-0.15, -0.1) is 0 Å². The Hall–Kier alpha value is -0.720. The van der Waals surface area contributed by atoms with Crippen LogP contribution < -0.4 is 34.7 Å². The maximum absolute atomic E-state index is 12.1. The summed E-state index contributed by atoms with van der Waals surface area (Å²) in [5.41, 5.74) is 0.665. The first-order chi connectivity index (χ1) is 9.06. The molecule has 0 fully saturated rings. The van der Waals surface area contributed by atoms with Crippen LogP contribution in [-0.2, 0) is 16.6 Å². The third-order valence-electron chi connectivity index (χ3n) is 2.40. The number of rotatable bonds is 4. The van der Waals surface area contributed by atoms with Crippen molar-refractivity contribution in [3.8, 4) is 0 Å². The van der Waals surface area contributed by atoms with Crippen molar-refractivity contribution >= 4 is 28.4 Å². The van der Waals surface area contributed by atoms with Crippen molar-refractivity contribution in [2.24, 2.45) is 0 Å². The second-order valence-corrected chi connectivity index (χ2v) is 5.67. The molecule has 0 spiro atoms. The Morgan fingerprint density at radius 3 is 2.60 bits per heavy atom. The zero-order valence-corrected chi connectivity index (χ0v) is 14.3. The van der Waals surface area contributed by atoms with Crippen molar-refractivity contribution in [3.05, 3.63) is 58.9 Å². The van der Waals surface area contributed by atoms with Gasteiger partial charge in [-0.25, -0.2) is 0 Å². The molecule has 0 saturated carbocycles. The van der Waals surface area contributed by atoms with E-state index >= 15 is 0 Å². The smallest absolute Gasteiger partial charge is 0.543 e. The van der Waals surface area contributed by atoms with E-state index in [1.807, 2.05) is 6.07 Å². The summed E-state index contributed by atoms with van der Waals surface area (Å²) in [5.74, 6) is -1.06. The van der Waals surface area contributed by atoms with Gasteiger partial charge in [0.2, 0.25) is 0 Å². The van der Waals surface area contributed by atoms with E-state index in [4.69, 9.17) is 11.6 Å². The van der Waals surface area contributed by atoms with Crippen molar-refractivity contribution in [1.29, 1.82) is 0 Å². The van der Waals surface area contributed by atoms with Gasteiger partial charge in [0.15, 0.2) is 0 Å². The van der Waals surface area contributed by atoms with E-state index in [1.54, 1.807) is 18.2 Å². The van der Waals surface area contributed by atoms with Crippen LogP contribution in [0.2, 0.25) is 5.02 Å². The van der Waals surface area contributed by atoms with Crippen LogP contribution in [0, 0.1) is 0 Å². The average molecular weight is 318 g/mol. The first-order valence-corrected chi connectivity index (χ1v) is 7.06. The molecular formula is C13H9ClNNaO3S. The first-order valence-electron chi connectivity index (χ1n) is 5.36. The number of hydrogen-bond donors (Lipinski definition) is 0. The Balaban J connectivity index is 0.00000200. The summed E-state index contributed by atoms with van der Waals surface area (Å²) in [6.45, 7) is 0. The third-order valence-corrected chi connectivity index (χ3v) is 3.99. The fourth-order valence-electron chi connectivity index (χ4n) is 1.50. The van der Waals surface area contributed by atoms with E-state index in [0.29, 0.717) is 15.7 Å². The minimum absolute atomic E-state index is 0. The SMILES string of the molecule is O=C([O-])c1ccc(S(=O)Cc2cccc(Cl)c2)cn1.[Na+]. The van der Waals surface area contributed by atoms with Gasteiger partial charge in [0.05, 0.1) is 33.1 Å². The number of pyridine rings is 1. The number of carboxylic acid groups (broad SMARTS) is 1. The standard InChI is InChI=1S/C13H10ClNO3S.Na/c14-10-3-1-2-9(6-10)8-19(18)11-4-5-12(13(16)17)15-7-11;/h1-7H,8H2,(H,16,17);/q;+1/p-1. The molecular weight excluding hydrogens is 309 g/mol. The average Bonchev–Trinajstić information content (AvgIpc) is 2.39. The second-order valence-electron chi connectivity index (χ2n) is 3.79. The summed E-state index contributed by atoms with van der Waals surface area (Å²) >= 11 is 5.85. The number of nitrogens with zero attached hydrogens (tertiary/aromatic N) is 1. The van der Waals surface area contributed by atoms with Gasteiger partial charge in [0.25, 0.3) is 0 Å². The maximum atomic E-state index is 12.1. The van der Waals surface area contributed by atoms with Gasteiger partial charge in [0.1, 0.15) is 0 Å². The van der Waals surface area contributed by atoms with E-state index in [1.165, 1.54) is 18.3 Å². The number of aromatic carboxylic acids is 1. The molecule has 0 radical (unpaired) electrons. The van der Waals surface area contributed by atoms with E-state index in [2.05, 4.69) is 4.98 Å². The fourth-order valence-corrected chi connectivity index (χ4v) is 2.75. The zero-order valence-electron chi connectivity index (χ0n) is 10.7. The molecule has 1 aromatic carbocycles. The molecule has 20 heavy (non-hydrogen) atoms. The molecule has 98 valence electrons. The summed E-state index contributed by atoms with van der Waals surface area (Å²) in [7, 11) is -1.30. The summed E-state index contributed by atoms with van der Waals surface area (Å²) < 4.78 is 12.1. The summed E-state index contributed by atoms with van der Waals surface area (Å²) in [6.07, 6.45) is 1.28. The van der Waals surface area contributed by atoms with Crippen LogP contribution in [0.4, 0.5) is 0 Å². The molecule has 0 aliphatic rings. The Morgan fingerprint density at radius 2 is 2.05 bits per heavy atom. The molecule has 0 saturated heterocycles. The van der Waals surface area contributed by atoms with Crippen LogP contribution in [-0.4, -0.2) is 15.2 Å². The normalized spacial score (nSPS) is 11.4. The van der Waals surface area contributed by atoms with Crippen molar-refractivity contribution < 1.29 is 43.7 Å². The number of halogens is 1. The zero-order chi connectivity index (χ0) is 13.8. The molecule has 2 rings (SSSR count). The van der Waals surface area contributed by atoms with Gasteiger partial charge >= 0.3 is 29.6 Å². The molecule has 0 bridgehead atoms. The Labute approximate surface area is 145 Å². The van der Waals surface area contributed by atoms with E-state index in [0.717, 1.165) is 5.56 Å². The van der Waals surface area contributed by atoms with Crippen LogP contribution in [0.5, 0.6) is 0 Å². The molecule has 0 amide bonds.